The molecule has 1 N–H and O–H groups in total. The third-order valence-electron chi connectivity index (χ3n) is 2.83. The third kappa shape index (κ3) is 3.05. The molecule has 3 rings (SSSR count). The van der Waals surface area contributed by atoms with Crippen LogP contribution >= 0.6 is 27.3 Å². The fraction of sp³-hybridized carbons (Fsp3) is 0.417. The summed E-state index contributed by atoms with van der Waals surface area (Å²) >= 11 is 5.07. The summed E-state index contributed by atoms with van der Waals surface area (Å²) in [7, 11) is 0. The normalized spacial score (nSPS) is 14.7. The summed E-state index contributed by atoms with van der Waals surface area (Å²) in [5, 5.41) is 5.41. The van der Waals surface area contributed by atoms with Crippen LogP contribution in [-0.4, -0.2) is 21.5 Å². The lowest BCUT2D eigenvalue weighted by atomic mass is 10.3. The van der Waals surface area contributed by atoms with Crippen molar-refractivity contribution in [3.63, 3.8) is 0 Å². The average molecular weight is 325 g/mol. The Morgan fingerprint density at radius 3 is 3.00 bits per heavy atom. The molecule has 6 heteroatoms. The Hall–Kier alpha value is -1.01. The van der Waals surface area contributed by atoms with Crippen molar-refractivity contribution >= 4 is 33.1 Å². The first-order chi connectivity index (χ1) is 8.81. The molecule has 2 heterocycles. The second-order valence-electron chi connectivity index (χ2n) is 4.36. The van der Waals surface area contributed by atoms with Crippen LogP contribution in [-0.2, 0) is 6.42 Å². The lowest BCUT2D eigenvalue weighted by molar-refractivity contribution is 0.901. The van der Waals surface area contributed by atoms with Gasteiger partial charge >= 0.3 is 0 Å². The molecule has 0 spiro atoms. The van der Waals surface area contributed by atoms with Crippen LogP contribution in [0.15, 0.2) is 21.6 Å². The van der Waals surface area contributed by atoms with Gasteiger partial charge in [0, 0.05) is 30.3 Å². The van der Waals surface area contributed by atoms with Gasteiger partial charge in [0.1, 0.15) is 16.2 Å². The molecule has 0 radical (unpaired) electrons. The minimum Gasteiger partial charge on any atom is -0.370 e. The van der Waals surface area contributed by atoms with E-state index in [0.717, 1.165) is 34.9 Å². The maximum absolute atomic E-state index is 4.54. The highest BCUT2D eigenvalue weighted by molar-refractivity contribution is 9.10. The van der Waals surface area contributed by atoms with Crippen LogP contribution in [0.25, 0.3) is 0 Å². The maximum Gasteiger partial charge on any atom is 0.135 e. The monoisotopic (exact) mass is 324 g/mol. The Morgan fingerprint density at radius 2 is 2.28 bits per heavy atom. The molecule has 4 nitrogen and oxygen atoms in total. The van der Waals surface area contributed by atoms with Crippen LogP contribution in [0.1, 0.15) is 30.3 Å². The summed E-state index contributed by atoms with van der Waals surface area (Å²) in [5.74, 6) is 2.43. The van der Waals surface area contributed by atoms with Gasteiger partial charge in [-0.15, -0.1) is 11.3 Å². The van der Waals surface area contributed by atoms with E-state index in [2.05, 4.69) is 41.6 Å². The van der Waals surface area contributed by atoms with Gasteiger partial charge < -0.3 is 5.32 Å². The van der Waals surface area contributed by atoms with Crippen LogP contribution in [0, 0.1) is 0 Å². The Labute approximate surface area is 118 Å². The SMILES string of the molecule is Brc1cc(NCCc2cscn2)nc(C2CC2)n1. The summed E-state index contributed by atoms with van der Waals surface area (Å²) in [4.78, 5) is 13.2. The molecule has 2 aromatic heterocycles. The second kappa shape index (κ2) is 5.32. The van der Waals surface area contributed by atoms with Crippen molar-refractivity contribution in [3.8, 4) is 0 Å². The molecule has 18 heavy (non-hydrogen) atoms. The number of anilines is 1. The zero-order valence-corrected chi connectivity index (χ0v) is 12.2. The Bertz CT molecular complexity index is 525. The number of hydrogen-bond donors (Lipinski definition) is 1. The molecule has 0 aromatic carbocycles. The molecule has 0 unspecified atom stereocenters. The topological polar surface area (TPSA) is 50.7 Å². The van der Waals surface area contributed by atoms with E-state index >= 15 is 0 Å². The van der Waals surface area contributed by atoms with E-state index in [4.69, 9.17) is 0 Å². The second-order valence-corrected chi connectivity index (χ2v) is 5.90. The highest BCUT2D eigenvalue weighted by Crippen LogP contribution is 2.38. The van der Waals surface area contributed by atoms with Crippen LogP contribution in [0.2, 0.25) is 0 Å². The zero-order valence-electron chi connectivity index (χ0n) is 9.77. The number of nitrogens with zero attached hydrogens (tertiary/aromatic N) is 3. The van der Waals surface area contributed by atoms with Crippen molar-refractivity contribution in [2.24, 2.45) is 0 Å². The Kier molecular flexibility index (Phi) is 3.56. The molecular formula is C12H13BrN4S. The predicted molar refractivity (Wildman–Crippen MR) is 76.0 cm³/mol. The van der Waals surface area contributed by atoms with Gasteiger partial charge in [0.15, 0.2) is 0 Å². The number of aromatic nitrogens is 3. The van der Waals surface area contributed by atoms with Gasteiger partial charge in [-0.2, -0.15) is 0 Å². The minimum absolute atomic E-state index is 0.571. The fourth-order valence-corrected chi connectivity index (χ4v) is 2.72. The van der Waals surface area contributed by atoms with E-state index in [1.54, 1.807) is 11.3 Å². The van der Waals surface area contributed by atoms with Gasteiger partial charge in [-0.05, 0) is 28.8 Å². The lowest BCUT2D eigenvalue weighted by Crippen LogP contribution is -2.08. The van der Waals surface area contributed by atoms with Gasteiger partial charge in [-0.1, -0.05) is 0 Å². The van der Waals surface area contributed by atoms with Crippen molar-refractivity contribution in [1.29, 1.82) is 0 Å². The number of nitrogens with one attached hydrogen (secondary N) is 1. The molecule has 0 saturated heterocycles. The minimum atomic E-state index is 0.571. The zero-order chi connectivity index (χ0) is 12.4. The summed E-state index contributed by atoms with van der Waals surface area (Å²) in [5.41, 5.74) is 2.99. The highest BCUT2D eigenvalue weighted by Gasteiger charge is 2.27. The largest absolute Gasteiger partial charge is 0.370 e. The van der Waals surface area contributed by atoms with E-state index in [1.807, 2.05) is 11.6 Å². The first kappa shape index (κ1) is 12.0. The molecular weight excluding hydrogens is 312 g/mol. The summed E-state index contributed by atoms with van der Waals surface area (Å²) in [6.45, 7) is 0.845. The van der Waals surface area contributed by atoms with Gasteiger partial charge in [0.05, 0.1) is 11.2 Å². The fourth-order valence-electron chi connectivity index (χ4n) is 1.73. The molecule has 2 aromatic rings. The smallest absolute Gasteiger partial charge is 0.135 e. The standard InChI is InChI=1S/C12H13BrN4S/c13-10-5-11(17-12(16-10)8-1-2-8)14-4-3-9-6-18-7-15-9/h5-8H,1-4H2,(H,14,16,17). The van der Waals surface area contributed by atoms with Crippen LogP contribution in [0.5, 0.6) is 0 Å². The number of thiazole rings is 1. The molecule has 1 saturated carbocycles. The summed E-state index contributed by atoms with van der Waals surface area (Å²) in [6, 6.07) is 1.92. The van der Waals surface area contributed by atoms with Crippen molar-refractivity contribution in [2.45, 2.75) is 25.2 Å². The van der Waals surface area contributed by atoms with Crippen LogP contribution in [0.3, 0.4) is 0 Å². The van der Waals surface area contributed by atoms with E-state index < -0.39 is 0 Å². The number of halogens is 1. The van der Waals surface area contributed by atoms with Gasteiger partial charge in [-0.25, -0.2) is 15.0 Å². The summed E-state index contributed by atoms with van der Waals surface area (Å²) < 4.78 is 0.857. The van der Waals surface area contributed by atoms with E-state index in [1.165, 1.54) is 12.8 Å². The van der Waals surface area contributed by atoms with E-state index in [0.29, 0.717) is 5.92 Å². The first-order valence-electron chi connectivity index (χ1n) is 5.96. The van der Waals surface area contributed by atoms with Gasteiger partial charge in [0.2, 0.25) is 0 Å². The van der Waals surface area contributed by atoms with Gasteiger partial charge in [0.25, 0.3) is 0 Å². The number of rotatable bonds is 5. The predicted octanol–water partition coefficient (Wildman–Crippen LogP) is 3.23. The molecule has 0 atom stereocenters. The third-order valence-corrected chi connectivity index (χ3v) is 3.87. The molecule has 1 aliphatic rings. The van der Waals surface area contributed by atoms with Gasteiger partial charge in [-0.3, -0.25) is 0 Å². The molecule has 0 amide bonds. The Morgan fingerprint density at radius 1 is 1.39 bits per heavy atom. The van der Waals surface area contributed by atoms with Crippen LogP contribution in [0.4, 0.5) is 5.82 Å². The highest BCUT2D eigenvalue weighted by atomic mass is 79.9. The molecule has 94 valence electrons. The number of hydrogen-bond acceptors (Lipinski definition) is 5. The quantitative estimate of drug-likeness (QED) is 0.858. The van der Waals surface area contributed by atoms with Crippen LogP contribution < -0.4 is 5.32 Å². The summed E-state index contributed by atoms with van der Waals surface area (Å²) in [6.07, 6.45) is 3.35. The van der Waals surface area contributed by atoms with E-state index in [9.17, 15) is 0 Å². The maximum atomic E-state index is 4.54. The van der Waals surface area contributed by atoms with Crippen molar-refractivity contribution in [1.82, 2.24) is 15.0 Å². The average Bonchev–Trinajstić information content (AvgIpc) is 3.08. The van der Waals surface area contributed by atoms with Crippen molar-refractivity contribution in [2.75, 3.05) is 11.9 Å². The van der Waals surface area contributed by atoms with Crippen molar-refractivity contribution in [3.05, 3.63) is 33.1 Å². The van der Waals surface area contributed by atoms with E-state index in [-0.39, 0.29) is 0 Å². The Balaban J connectivity index is 1.61. The lowest BCUT2D eigenvalue weighted by Gasteiger charge is -2.06. The van der Waals surface area contributed by atoms with Crippen molar-refractivity contribution < 1.29 is 0 Å². The molecule has 1 fully saturated rings. The molecule has 0 aliphatic heterocycles. The first-order valence-corrected chi connectivity index (χ1v) is 7.70. The molecule has 1 aliphatic carbocycles. The molecule has 0 bridgehead atoms.